The Kier molecular flexibility index (Phi) is 3.29. The van der Waals surface area contributed by atoms with Crippen molar-refractivity contribution in [3.8, 4) is 0 Å². The molecule has 3 heterocycles. The van der Waals surface area contributed by atoms with E-state index < -0.39 is 10.0 Å². The fourth-order valence-corrected chi connectivity index (χ4v) is 5.45. The van der Waals surface area contributed by atoms with Crippen LogP contribution in [0.2, 0.25) is 0 Å². The first-order valence-corrected chi connectivity index (χ1v) is 9.57. The van der Waals surface area contributed by atoms with E-state index in [1.165, 1.54) is 12.8 Å². The Balaban J connectivity index is 1.47. The topological polar surface area (TPSA) is 68.1 Å². The van der Waals surface area contributed by atoms with Crippen molar-refractivity contribution in [1.29, 1.82) is 0 Å². The summed E-state index contributed by atoms with van der Waals surface area (Å²) in [6.07, 6.45) is 6.89. The summed E-state index contributed by atoms with van der Waals surface area (Å²) in [6.45, 7) is 2.32. The largest absolute Gasteiger partial charge is 0.315 e. The zero-order valence-electron chi connectivity index (χ0n) is 12.2. The lowest BCUT2D eigenvalue weighted by molar-refractivity contribution is 0.306. The lowest BCUT2D eigenvalue weighted by Gasteiger charge is -2.31. The number of hydrogen-bond acceptors (Lipinski definition) is 4. The average molecular weight is 310 g/mol. The fourth-order valence-electron chi connectivity index (χ4n) is 3.58. The van der Waals surface area contributed by atoms with Gasteiger partial charge in [-0.25, -0.2) is 12.7 Å². The predicted molar refractivity (Wildman–Crippen MR) is 78.4 cm³/mol. The molecule has 0 bridgehead atoms. The first kappa shape index (κ1) is 13.7. The molecule has 0 N–H and O–H groups in total. The van der Waals surface area contributed by atoms with E-state index in [0.29, 0.717) is 19.0 Å². The summed E-state index contributed by atoms with van der Waals surface area (Å²) < 4.78 is 28.5. The summed E-state index contributed by atoms with van der Waals surface area (Å²) in [4.78, 5) is 0. The fraction of sp³-hybridized carbons (Fsp3) is 0.857. The number of aryl methyl sites for hydroxylation is 1. The maximum absolute atomic E-state index is 12.3. The molecule has 1 aliphatic carbocycles. The molecule has 2 fully saturated rings. The highest BCUT2D eigenvalue weighted by Gasteiger charge is 2.41. The smallest absolute Gasteiger partial charge is 0.216 e. The van der Waals surface area contributed by atoms with E-state index in [2.05, 4.69) is 14.8 Å². The van der Waals surface area contributed by atoms with Gasteiger partial charge in [-0.3, -0.25) is 0 Å². The highest BCUT2D eigenvalue weighted by atomic mass is 32.2. The second kappa shape index (κ2) is 5.05. The molecule has 1 saturated heterocycles. The minimum atomic E-state index is -3.01. The van der Waals surface area contributed by atoms with E-state index in [9.17, 15) is 8.42 Å². The molecule has 1 aromatic rings. The number of sulfonamides is 1. The van der Waals surface area contributed by atoms with Crippen molar-refractivity contribution in [2.24, 2.45) is 0 Å². The van der Waals surface area contributed by atoms with Crippen LogP contribution in [0.25, 0.3) is 0 Å². The van der Waals surface area contributed by atoms with Gasteiger partial charge in [0.1, 0.15) is 11.6 Å². The van der Waals surface area contributed by atoms with Crippen LogP contribution in [0, 0.1) is 0 Å². The van der Waals surface area contributed by atoms with Crippen molar-refractivity contribution in [2.45, 2.75) is 62.7 Å². The van der Waals surface area contributed by atoms with Gasteiger partial charge in [0.05, 0.1) is 5.25 Å². The van der Waals surface area contributed by atoms with Gasteiger partial charge in [0, 0.05) is 32.0 Å². The first-order chi connectivity index (χ1) is 10.2. The number of piperidine rings is 1. The average Bonchev–Trinajstić information content (AvgIpc) is 3.28. The highest BCUT2D eigenvalue weighted by Crippen LogP contribution is 2.35. The molecular weight excluding hydrogens is 288 g/mol. The number of aromatic nitrogens is 3. The van der Waals surface area contributed by atoms with Gasteiger partial charge in [0.25, 0.3) is 0 Å². The van der Waals surface area contributed by atoms with Crippen molar-refractivity contribution >= 4 is 10.0 Å². The third-order valence-electron chi connectivity index (χ3n) is 5.01. The predicted octanol–water partition coefficient (Wildman–Crippen LogP) is 1.29. The van der Waals surface area contributed by atoms with Crippen LogP contribution in [0.3, 0.4) is 0 Å². The minimum absolute atomic E-state index is 0.0881. The lowest BCUT2D eigenvalue weighted by Crippen LogP contribution is -2.40. The summed E-state index contributed by atoms with van der Waals surface area (Å²) >= 11 is 0. The van der Waals surface area contributed by atoms with Crippen LogP contribution >= 0.6 is 0 Å². The van der Waals surface area contributed by atoms with Crippen LogP contribution in [-0.2, 0) is 23.0 Å². The summed E-state index contributed by atoms with van der Waals surface area (Å²) in [5.41, 5.74) is 0. The maximum Gasteiger partial charge on any atom is 0.216 e. The van der Waals surface area contributed by atoms with E-state index >= 15 is 0 Å². The van der Waals surface area contributed by atoms with Crippen molar-refractivity contribution in [3.63, 3.8) is 0 Å². The third kappa shape index (κ3) is 2.40. The zero-order chi connectivity index (χ0) is 14.4. The van der Waals surface area contributed by atoms with Crippen LogP contribution in [-0.4, -0.2) is 45.8 Å². The number of nitrogens with zero attached hydrogens (tertiary/aromatic N) is 4. The van der Waals surface area contributed by atoms with Crippen molar-refractivity contribution in [3.05, 3.63) is 11.6 Å². The Hall–Kier alpha value is -0.950. The lowest BCUT2D eigenvalue weighted by atomic mass is 9.97. The molecule has 1 saturated carbocycles. The van der Waals surface area contributed by atoms with E-state index in [0.717, 1.165) is 50.3 Å². The molecule has 0 unspecified atom stereocenters. The summed E-state index contributed by atoms with van der Waals surface area (Å²) in [5.74, 6) is 2.58. The molecule has 7 heteroatoms. The van der Waals surface area contributed by atoms with Crippen molar-refractivity contribution < 1.29 is 8.42 Å². The highest BCUT2D eigenvalue weighted by molar-refractivity contribution is 7.90. The van der Waals surface area contributed by atoms with E-state index in [1.54, 1.807) is 4.31 Å². The summed E-state index contributed by atoms with van der Waals surface area (Å²) in [6, 6.07) is 0. The number of rotatable bonds is 3. The maximum atomic E-state index is 12.3. The van der Waals surface area contributed by atoms with Crippen LogP contribution in [0.4, 0.5) is 0 Å². The third-order valence-corrected chi connectivity index (χ3v) is 7.41. The zero-order valence-corrected chi connectivity index (χ0v) is 13.1. The standard InChI is InChI=1S/C14H22N4O2S/c19-21(20,12-4-5-12)17-9-6-11(7-10-17)14-16-15-13-3-1-2-8-18(13)14/h11-12H,1-10H2. The van der Waals surface area contributed by atoms with Gasteiger partial charge in [0.15, 0.2) is 0 Å². The first-order valence-electron chi connectivity index (χ1n) is 8.07. The Morgan fingerprint density at radius 2 is 1.71 bits per heavy atom. The molecule has 0 spiro atoms. The molecule has 116 valence electrons. The van der Waals surface area contributed by atoms with E-state index in [-0.39, 0.29) is 5.25 Å². The summed E-state index contributed by atoms with van der Waals surface area (Å²) in [5, 5.41) is 8.63. The molecule has 0 amide bonds. The van der Waals surface area contributed by atoms with E-state index in [1.807, 2.05) is 0 Å². The van der Waals surface area contributed by atoms with E-state index in [4.69, 9.17) is 0 Å². The normalized spacial score (nSPS) is 25.0. The SMILES string of the molecule is O=S(=O)(C1CC1)N1CCC(c2nnc3n2CCCC3)CC1. The Labute approximate surface area is 125 Å². The molecule has 0 atom stereocenters. The molecule has 2 aliphatic heterocycles. The Morgan fingerprint density at radius 1 is 0.952 bits per heavy atom. The molecule has 4 rings (SSSR count). The molecule has 1 aromatic heterocycles. The second-order valence-electron chi connectivity index (χ2n) is 6.50. The molecule has 6 nitrogen and oxygen atoms in total. The number of hydrogen-bond donors (Lipinski definition) is 0. The van der Waals surface area contributed by atoms with Gasteiger partial charge >= 0.3 is 0 Å². The Morgan fingerprint density at radius 3 is 2.43 bits per heavy atom. The monoisotopic (exact) mass is 310 g/mol. The van der Waals surface area contributed by atoms with Crippen LogP contribution in [0.1, 0.15) is 56.1 Å². The quantitative estimate of drug-likeness (QED) is 0.843. The van der Waals surface area contributed by atoms with Gasteiger partial charge in [-0.05, 0) is 38.5 Å². The molecule has 0 radical (unpaired) electrons. The van der Waals surface area contributed by atoms with Crippen molar-refractivity contribution in [1.82, 2.24) is 19.1 Å². The number of fused-ring (bicyclic) bond motifs is 1. The van der Waals surface area contributed by atoms with Gasteiger partial charge in [-0.1, -0.05) is 0 Å². The second-order valence-corrected chi connectivity index (χ2v) is 8.71. The van der Waals surface area contributed by atoms with Gasteiger partial charge in [-0.15, -0.1) is 10.2 Å². The van der Waals surface area contributed by atoms with Crippen LogP contribution in [0.5, 0.6) is 0 Å². The van der Waals surface area contributed by atoms with Gasteiger partial charge < -0.3 is 4.57 Å². The molecule has 3 aliphatic rings. The molecule has 21 heavy (non-hydrogen) atoms. The van der Waals surface area contributed by atoms with Crippen molar-refractivity contribution in [2.75, 3.05) is 13.1 Å². The van der Waals surface area contributed by atoms with Gasteiger partial charge in [0.2, 0.25) is 10.0 Å². The van der Waals surface area contributed by atoms with Crippen LogP contribution in [0.15, 0.2) is 0 Å². The molecular formula is C14H22N4O2S. The summed E-state index contributed by atoms with van der Waals surface area (Å²) in [7, 11) is -3.01. The minimum Gasteiger partial charge on any atom is -0.315 e. The molecule has 0 aromatic carbocycles. The van der Waals surface area contributed by atoms with Crippen LogP contribution < -0.4 is 0 Å². The Bertz CT molecular complexity index is 627. The van der Waals surface area contributed by atoms with Gasteiger partial charge in [-0.2, -0.15) is 0 Å².